The third-order valence-electron chi connectivity index (χ3n) is 3.39. The van der Waals surface area contributed by atoms with E-state index in [0.29, 0.717) is 17.9 Å². The zero-order valence-corrected chi connectivity index (χ0v) is 11.5. The topological polar surface area (TPSA) is 77.8 Å². The van der Waals surface area contributed by atoms with Crippen LogP contribution in [0.15, 0.2) is 18.7 Å². The van der Waals surface area contributed by atoms with Gasteiger partial charge in [0.1, 0.15) is 12.4 Å². The normalized spacial score (nSPS) is 16.1. The molecule has 0 unspecified atom stereocenters. The second-order valence-electron chi connectivity index (χ2n) is 4.84. The summed E-state index contributed by atoms with van der Waals surface area (Å²) in [6, 6.07) is 0.375. The highest BCUT2D eigenvalue weighted by Gasteiger charge is 2.17. The molecule has 0 spiro atoms. The molecule has 2 aromatic heterocycles. The van der Waals surface area contributed by atoms with Crippen molar-refractivity contribution in [3.05, 3.63) is 18.7 Å². The highest BCUT2D eigenvalue weighted by molar-refractivity contribution is 5.29. The number of imidazole rings is 1. The second-order valence-corrected chi connectivity index (χ2v) is 4.84. The molecule has 7 heteroatoms. The minimum Gasteiger partial charge on any atom is -0.460 e. The van der Waals surface area contributed by atoms with E-state index in [1.807, 2.05) is 0 Å². The van der Waals surface area contributed by atoms with Crippen molar-refractivity contribution in [2.75, 3.05) is 12.4 Å². The molecule has 0 atom stereocenters. The summed E-state index contributed by atoms with van der Waals surface area (Å²) in [5.74, 6) is 1.00. The SMILES string of the molecule is CNc1nc(OC2CCCCC2)nc(-n2ccnc2)n1. The van der Waals surface area contributed by atoms with E-state index < -0.39 is 0 Å². The summed E-state index contributed by atoms with van der Waals surface area (Å²) in [5, 5.41) is 2.93. The van der Waals surface area contributed by atoms with Gasteiger partial charge in [0.25, 0.3) is 0 Å². The van der Waals surface area contributed by atoms with Crippen molar-refractivity contribution in [1.82, 2.24) is 24.5 Å². The summed E-state index contributed by atoms with van der Waals surface area (Å²) >= 11 is 0. The molecule has 7 nitrogen and oxygen atoms in total. The Morgan fingerprint density at radius 3 is 2.75 bits per heavy atom. The lowest BCUT2D eigenvalue weighted by Gasteiger charge is -2.21. The minimum absolute atomic E-state index is 0.214. The van der Waals surface area contributed by atoms with Gasteiger partial charge in [0.15, 0.2) is 0 Å². The van der Waals surface area contributed by atoms with Crippen molar-refractivity contribution in [3.63, 3.8) is 0 Å². The van der Waals surface area contributed by atoms with Crippen LogP contribution in [0.2, 0.25) is 0 Å². The van der Waals surface area contributed by atoms with Crippen molar-refractivity contribution >= 4 is 5.95 Å². The van der Waals surface area contributed by atoms with E-state index in [-0.39, 0.29) is 6.10 Å². The van der Waals surface area contributed by atoms with Gasteiger partial charge in [-0.15, -0.1) is 0 Å². The number of rotatable bonds is 4. The summed E-state index contributed by atoms with van der Waals surface area (Å²) in [6.45, 7) is 0. The molecule has 2 heterocycles. The molecule has 1 fully saturated rings. The maximum atomic E-state index is 5.90. The molecular weight excluding hydrogens is 256 g/mol. The third-order valence-corrected chi connectivity index (χ3v) is 3.39. The molecule has 0 radical (unpaired) electrons. The van der Waals surface area contributed by atoms with Gasteiger partial charge < -0.3 is 10.1 Å². The van der Waals surface area contributed by atoms with Gasteiger partial charge in [-0.3, -0.25) is 4.57 Å². The molecule has 1 aliphatic rings. The lowest BCUT2D eigenvalue weighted by atomic mass is 9.98. The Labute approximate surface area is 117 Å². The Balaban J connectivity index is 1.84. The van der Waals surface area contributed by atoms with Crippen LogP contribution in [0.25, 0.3) is 5.95 Å². The summed E-state index contributed by atoms with van der Waals surface area (Å²) in [4.78, 5) is 16.9. The first-order chi connectivity index (χ1) is 9.85. The summed E-state index contributed by atoms with van der Waals surface area (Å²) in [5.41, 5.74) is 0. The standard InChI is InChI=1S/C13H18N6O/c1-14-11-16-12(19-8-7-15-9-19)18-13(17-11)20-10-5-3-2-4-6-10/h7-10H,2-6H2,1H3,(H,14,16,17,18). The van der Waals surface area contributed by atoms with Crippen LogP contribution in [0, 0.1) is 0 Å². The summed E-state index contributed by atoms with van der Waals surface area (Å²) in [6.07, 6.45) is 11.2. The van der Waals surface area contributed by atoms with Gasteiger partial charge in [-0.05, 0) is 25.7 Å². The maximum Gasteiger partial charge on any atom is 0.323 e. The first-order valence-electron chi connectivity index (χ1n) is 6.94. The summed E-state index contributed by atoms with van der Waals surface area (Å²) < 4.78 is 7.63. The number of hydrogen-bond acceptors (Lipinski definition) is 6. The van der Waals surface area contributed by atoms with Crippen molar-refractivity contribution in [2.24, 2.45) is 0 Å². The van der Waals surface area contributed by atoms with Crippen LogP contribution in [0.4, 0.5) is 5.95 Å². The van der Waals surface area contributed by atoms with Crippen molar-refractivity contribution in [2.45, 2.75) is 38.2 Å². The van der Waals surface area contributed by atoms with Gasteiger partial charge in [0.05, 0.1) is 0 Å². The van der Waals surface area contributed by atoms with E-state index in [1.165, 1.54) is 19.3 Å². The van der Waals surface area contributed by atoms with Crippen LogP contribution in [-0.2, 0) is 0 Å². The van der Waals surface area contributed by atoms with Gasteiger partial charge in [-0.1, -0.05) is 6.42 Å². The van der Waals surface area contributed by atoms with Gasteiger partial charge in [-0.2, -0.15) is 15.0 Å². The van der Waals surface area contributed by atoms with Gasteiger partial charge in [-0.25, -0.2) is 4.98 Å². The number of ether oxygens (including phenoxy) is 1. The quantitative estimate of drug-likeness (QED) is 0.916. The fourth-order valence-electron chi connectivity index (χ4n) is 2.34. The van der Waals surface area contributed by atoms with Crippen molar-refractivity contribution < 1.29 is 4.74 Å². The van der Waals surface area contributed by atoms with Crippen LogP contribution >= 0.6 is 0 Å². The van der Waals surface area contributed by atoms with Crippen LogP contribution < -0.4 is 10.1 Å². The smallest absolute Gasteiger partial charge is 0.323 e. The first-order valence-corrected chi connectivity index (χ1v) is 6.94. The van der Waals surface area contributed by atoms with Crippen molar-refractivity contribution in [3.8, 4) is 12.0 Å². The van der Waals surface area contributed by atoms with Gasteiger partial charge in [0.2, 0.25) is 11.9 Å². The lowest BCUT2D eigenvalue weighted by molar-refractivity contribution is 0.141. The zero-order chi connectivity index (χ0) is 13.8. The van der Waals surface area contributed by atoms with Gasteiger partial charge in [0, 0.05) is 19.4 Å². The first kappa shape index (κ1) is 12.8. The lowest BCUT2D eigenvalue weighted by Crippen LogP contribution is -2.21. The Hall–Kier alpha value is -2.18. The van der Waals surface area contributed by atoms with E-state index in [9.17, 15) is 0 Å². The van der Waals surface area contributed by atoms with Gasteiger partial charge >= 0.3 is 6.01 Å². The van der Waals surface area contributed by atoms with Crippen molar-refractivity contribution in [1.29, 1.82) is 0 Å². The Morgan fingerprint density at radius 1 is 1.20 bits per heavy atom. The predicted octanol–water partition coefficient (Wildman–Crippen LogP) is 1.81. The third kappa shape index (κ3) is 2.87. The van der Waals surface area contributed by atoms with Crippen LogP contribution in [0.1, 0.15) is 32.1 Å². The van der Waals surface area contributed by atoms with E-state index >= 15 is 0 Å². The van der Waals surface area contributed by atoms with E-state index in [0.717, 1.165) is 12.8 Å². The van der Waals surface area contributed by atoms with E-state index in [4.69, 9.17) is 4.74 Å². The number of aromatic nitrogens is 5. The molecule has 0 saturated heterocycles. The zero-order valence-electron chi connectivity index (χ0n) is 11.5. The molecule has 1 N–H and O–H groups in total. The molecular formula is C13H18N6O. The minimum atomic E-state index is 0.214. The average molecular weight is 274 g/mol. The Kier molecular flexibility index (Phi) is 3.76. The maximum absolute atomic E-state index is 5.90. The molecule has 0 amide bonds. The second kappa shape index (κ2) is 5.85. The molecule has 1 aliphatic carbocycles. The number of hydrogen-bond donors (Lipinski definition) is 1. The number of nitrogens with one attached hydrogen (secondary N) is 1. The molecule has 0 aromatic carbocycles. The van der Waals surface area contributed by atoms with Crippen LogP contribution in [0.5, 0.6) is 6.01 Å². The number of nitrogens with zero attached hydrogens (tertiary/aromatic N) is 5. The highest BCUT2D eigenvalue weighted by atomic mass is 16.5. The predicted molar refractivity (Wildman–Crippen MR) is 74.0 cm³/mol. The molecule has 106 valence electrons. The molecule has 2 aromatic rings. The summed E-state index contributed by atoms with van der Waals surface area (Å²) in [7, 11) is 1.78. The molecule has 20 heavy (non-hydrogen) atoms. The van der Waals surface area contributed by atoms with E-state index in [1.54, 1.807) is 30.3 Å². The largest absolute Gasteiger partial charge is 0.460 e. The fraction of sp³-hybridized carbons (Fsp3) is 0.538. The molecule has 1 saturated carbocycles. The van der Waals surface area contributed by atoms with Crippen LogP contribution in [0.3, 0.4) is 0 Å². The Bertz CT molecular complexity index is 550. The highest BCUT2D eigenvalue weighted by Crippen LogP contribution is 2.22. The molecule has 0 bridgehead atoms. The van der Waals surface area contributed by atoms with E-state index in [2.05, 4.69) is 25.3 Å². The fourth-order valence-corrected chi connectivity index (χ4v) is 2.34. The average Bonchev–Trinajstić information content (AvgIpc) is 3.02. The molecule has 0 aliphatic heterocycles. The monoisotopic (exact) mass is 274 g/mol. The molecule has 3 rings (SSSR count). The number of anilines is 1. The van der Waals surface area contributed by atoms with Crippen LogP contribution in [-0.4, -0.2) is 37.7 Å². The Morgan fingerprint density at radius 2 is 2.05 bits per heavy atom.